The number of hydrogen-bond acceptors (Lipinski definition) is 4. The van der Waals surface area contributed by atoms with Crippen molar-refractivity contribution >= 4 is 33.5 Å². The van der Waals surface area contributed by atoms with Gasteiger partial charge in [-0.3, -0.25) is 9.59 Å². The molecule has 28 heavy (non-hydrogen) atoms. The molecule has 4 nitrogen and oxygen atoms in total. The summed E-state index contributed by atoms with van der Waals surface area (Å²) in [6, 6.07) is 13.4. The quantitative estimate of drug-likeness (QED) is 0.326. The van der Waals surface area contributed by atoms with Gasteiger partial charge < -0.3 is 9.47 Å². The molecule has 0 bridgehead atoms. The fourth-order valence-corrected chi connectivity index (χ4v) is 3.16. The molecule has 0 atom stereocenters. The molecule has 0 radical (unpaired) electrons. The van der Waals surface area contributed by atoms with Gasteiger partial charge in [0.2, 0.25) is 0 Å². The van der Waals surface area contributed by atoms with E-state index in [1.807, 2.05) is 70.2 Å². The zero-order valence-electron chi connectivity index (χ0n) is 17.0. The normalized spacial score (nSPS) is 11.4. The average Bonchev–Trinajstić information content (AvgIpc) is 2.69. The Hall–Kier alpha value is -2.88. The zero-order valence-corrected chi connectivity index (χ0v) is 17.0. The smallest absolute Gasteiger partial charge is 0.313 e. The minimum atomic E-state index is -0.291. The highest BCUT2D eigenvalue weighted by molar-refractivity contribution is 6.13. The van der Waals surface area contributed by atoms with Crippen LogP contribution in [-0.2, 0) is 16.0 Å². The monoisotopic (exact) mass is 378 g/mol. The van der Waals surface area contributed by atoms with Crippen molar-refractivity contribution < 1.29 is 19.1 Å². The third-order valence-electron chi connectivity index (χ3n) is 4.77. The minimum Gasteiger partial charge on any atom is -0.425 e. The maximum atomic E-state index is 12.4. The number of benzene rings is 3. The van der Waals surface area contributed by atoms with E-state index in [9.17, 15) is 9.59 Å². The van der Waals surface area contributed by atoms with Crippen molar-refractivity contribution in [2.75, 3.05) is 0 Å². The van der Waals surface area contributed by atoms with E-state index in [1.54, 1.807) is 0 Å². The van der Waals surface area contributed by atoms with Gasteiger partial charge in [0, 0.05) is 21.5 Å². The number of carbonyl (C=O) groups excluding carboxylic acids is 2. The van der Waals surface area contributed by atoms with Crippen LogP contribution in [0, 0.1) is 11.8 Å². The first-order valence-corrected chi connectivity index (χ1v) is 9.74. The lowest BCUT2D eigenvalue weighted by Gasteiger charge is -2.19. The highest BCUT2D eigenvalue weighted by atomic mass is 16.5. The Morgan fingerprint density at radius 3 is 1.79 bits per heavy atom. The van der Waals surface area contributed by atoms with Gasteiger partial charge in [-0.15, -0.1) is 0 Å². The summed E-state index contributed by atoms with van der Waals surface area (Å²) >= 11 is 0. The summed E-state index contributed by atoms with van der Waals surface area (Å²) in [6.07, 6.45) is 0.763. The summed E-state index contributed by atoms with van der Waals surface area (Å²) in [7, 11) is 0. The van der Waals surface area contributed by atoms with Gasteiger partial charge in [0.1, 0.15) is 11.5 Å². The number of carbonyl (C=O) groups is 2. The molecule has 0 unspecified atom stereocenters. The molecule has 0 spiro atoms. The second-order valence-electron chi connectivity index (χ2n) is 7.55. The van der Waals surface area contributed by atoms with Gasteiger partial charge in [-0.05, 0) is 12.0 Å². The number of rotatable bonds is 5. The Morgan fingerprint density at radius 2 is 1.25 bits per heavy atom. The summed E-state index contributed by atoms with van der Waals surface area (Å²) in [4.78, 5) is 24.8. The first-order valence-electron chi connectivity index (χ1n) is 9.74. The fourth-order valence-electron chi connectivity index (χ4n) is 3.16. The second kappa shape index (κ2) is 8.01. The van der Waals surface area contributed by atoms with E-state index in [0.717, 1.165) is 33.5 Å². The van der Waals surface area contributed by atoms with E-state index in [1.165, 1.54) is 0 Å². The molecule has 0 saturated heterocycles. The predicted molar refractivity (Wildman–Crippen MR) is 112 cm³/mol. The molecule has 3 rings (SSSR count). The van der Waals surface area contributed by atoms with Crippen LogP contribution in [-0.4, -0.2) is 11.9 Å². The molecule has 0 aliphatic carbocycles. The SMILES string of the molecule is CCc1cccc2c(OC(=O)C(C)C)c3ccccc3c(OC(=O)C(C)C)c12. The maximum absolute atomic E-state index is 12.4. The lowest BCUT2D eigenvalue weighted by molar-refractivity contribution is -0.138. The van der Waals surface area contributed by atoms with Crippen molar-refractivity contribution in [3.63, 3.8) is 0 Å². The Balaban J connectivity index is 2.41. The van der Waals surface area contributed by atoms with Crippen molar-refractivity contribution in [2.24, 2.45) is 11.8 Å². The predicted octanol–water partition coefficient (Wildman–Crippen LogP) is 5.68. The molecule has 0 heterocycles. The fraction of sp³-hybridized carbons (Fsp3) is 0.333. The van der Waals surface area contributed by atoms with Gasteiger partial charge in [-0.1, -0.05) is 77.1 Å². The molecular formula is C24H26O4. The van der Waals surface area contributed by atoms with Crippen molar-refractivity contribution in [2.45, 2.75) is 41.0 Å². The van der Waals surface area contributed by atoms with Crippen molar-refractivity contribution in [1.29, 1.82) is 0 Å². The average molecular weight is 378 g/mol. The van der Waals surface area contributed by atoms with Crippen LogP contribution in [0.15, 0.2) is 42.5 Å². The zero-order chi connectivity index (χ0) is 20.4. The Bertz CT molecular complexity index is 1050. The van der Waals surface area contributed by atoms with Crippen LogP contribution in [0.5, 0.6) is 11.5 Å². The molecule has 3 aromatic carbocycles. The highest BCUT2D eigenvalue weighted by Crippen LogP contribution is 2.44. The Morgan fingerprint density at radius 1 is 0.750 bits per heavy atom. The third-order valence-corrected chi connectivity index (χ3v) is 4.77. The van der Waals surface area contributed by atoms with Crippen LogP contribution in [0.25, 0.3) is 21.5 Å². The van der Waals surface area contributed by atoms with Gasteiger partial charge in [-0.2, -0.15) is 0 Å². The van der Waals surface area contributed by atoms with E-state index in [-0.39, 0.29) is 23.8 Å². The summed E-state index contributed by atoms with van der Waals surface area (Å²) in [5.74, 6) is -0.0257. The van der Waals surface area contributed by atoms with E-state index < -0.39 is 0 Å². The minimum absolute atomic E-state index is 0.249. The molecule has 146 valence electrons. The van der Waals surface area contributed by atoms with Crippen LogP contribution in [0.2, 0.25) is 0 Å². The first kappa shape index (κ1) is 19.9. The molecule has 0 N–H and O–H groups in total. The molecule has 0 saturated carbocycles. The summed E-state index contributed by atoms with van der Waals surface area (Å²) in [5, 5.41) is 3.11. The van der Waals surface area contributed by atoms with Gasteiger partial charge in [0.15, 0.2) is 0 Å². The topological polar surface area (TPSA) is 52.6 Å². The van der Waals surface area contributed by atoms with Gasteiger partial charge in [0.05, 0.1) is 11.8 Å². The summed E-state index contributed by atoms with van der Waals surface area (Å²) in [5.41, 5.74) is 1.04. The Kier molecular flexibility index (Phi) is 5.68. The molecule has 4 heteroatoms. The van der Waals surface area contributed by atoms with Crippen molar-refractivity contribution in [3.8, 4) is 11.5 Å². The van der Waals surface area contributed by atoms with Crippen molar-refractivity contribution in [3.05, 3.63) is 48.0 Å². The molecule has 0 amide bonds. The molecule has 0 fully saturated rings. The number of aryl methyl sites for hydroxylation is 1. The lowest BCUT2D eigenvalue weighted by Crippen LogP contribution is -2.17. The van der Waals surface area contributed by atoms with Gasteiger partial charge >= 0.3 is 11.9 Å². The van der Waals surface area contributed by atoms with E-state index in [2.05, 4.69) is 6.92 Å². The maximum Gasteiger partial charge on any atom is 0.313 e. The molecular weight excluding hydrogens is 352 g/mol. The standard InChI is InChI=1S/C24H26O4/c1-6-16-10-9-13-19-20(16)22(28-24(26)15(4)5)18-12-8-7-11-17(18)21(19)27-23(25)14(2)3/h7-15H,6H2,1-5H3. The van der Waals surface area contributed by atoms with Gasteiger partial charge in [-0.25, -0.2) is 0 Å². The second-order valence-corrected chi connectivity index (χ2v) is 7.55. The van der Waals surface area contributed by atoms with E-state index in [0.29, 0.717) is 11.5 Å². The van der Waals surface area contributed by atoms with Gasteiger partial charge in [0.25, 0.3) is 0 Å². The Labute approximate surface area is 165 Å². The van der Waals surface area contributed by atoms with Crippen molar-refractivity contribution in [1.82, 2.24) is 0 Å². The number of ether oxygens (including phenoxy) is 2. The molecule has 3 aromatic rings. The van der Waals surface area contributed by atoms with Crippen LogP contribution in [0.4, 0.5) is 0 Å². The first-order chi connectivity index (χ1) is 13.3. The number of esters is 2. The van der Waals surface area contributed by atoms with E-state index in [4.69, 9.17) is 9.47 Å². The number of fused-ring (bicyclic) bond motifs is 2. The summed E-state index contributed by atoms with van der Waals surface area (Å²) in [6.45, 7) is 9.29. The molecule has 0 aromatic heterocycles. The largest absolute Gasteiger partial charge is 0.425 e. The van der Waals surface area contributed by atoms with Crippen LogP contribution < -0.4 is 9.47 Å². The molecule has 0 aliphatic rings. The molecule has 0 aliphatic heterocycles. The number of hydrogen-bond donors (Lipinski definition) is 0. The lowest BCUT2D eigenvalue weighted by atomic mass is 9.95. The van der Waals surface area contributed by atoms with Crippen LogP contribution >= 0.6 is 0 Å². The van der Waals surface area contributed by atoms with E-state index >= 15 is 0 Å². The van der Waals surface area contributed by atoms with Crippen LogP contribution in [0.3, 0.4) is 0 Å². The highest BCUT2D eigenvalue weighted by Gasteiger charge is 2.23. The third kappa shape index (κ3) is 3.59. The summed E-state index contributed by atoms with van der Waals surface area (Å²) < 4.78 is 11.7. The van der Waals surface area contributed by atoms with Crippen LogP contribution in [0.1, 0.15) is 40.2 Å².